The largest absolute Gasteiger partial charge is 0.496 e. The number of para-hydroxylation sites is 1. The van der Waals surface area contributed by atoms with Gasteiger partial charge in [0.2, 0.25) is 0 Å². The Kier molecular flexibility index (Phi) is 6.24. The van der Waals surface area contributed by atoms with E-state index < -0.39 is 0 Å². The first-order valence-electron chi connectivity index (χ1n) is 9.28. The Morgan fingerprint density at radius 2 is 1.92 bits per heavy atom. The molecule has 0 bridgehead atoms. The lowest BCUT2D eigenvalue weighted by molar-refractivity contribution is 0.266. The molecule has 1 saturated heterocycles. The molecule has 0 saturated carbocycles. The number of hydrazine groups is 1. The third-order valence-corrected chi connectivity index (χ3v) is 5.17. The van der Waals surface area contributed by atoms with Crippen LogP contribution >= 0.6 is 0 Å². The van der Waals surface area contributed by atoms with Crippen molar-refractivity contribution in [2.24, 2.45) is 5.92 Å². The Bertz CT molecular complexity index is 708. The number of hydrogen-bond donors (Lipinski definition) is 3. The van der Waals surface area contributed by atoms with Gasteiger partial charge in [0.1, 0.15) is 11.6 Å². The van der Waals surface area contributed by atoms with Gasteiger partial charge >= 0.3 is 0 Å². The van der Waals surface area contributed by atoms with Gasteiger partial charge in [-0.3, -0.25) is 10.9 Å². The molecule has 1 aromatic heterocycles. The van der Waals surface area contributed by atoms with E-state index in [0.717, 1.165) is 35.8 Å². The van der Waals surface area contributed by atoms with Crippen molar-refractivity contribution in [2.45, 2.75) is 51.7 Å². The molecule has 0 amide bonds. The second-order valence-electron chi connectivity index (χ2n) is 6.95. The lowest BCUT2D eigenvalue weighted by Gasteiger charge is -2.17. The van der Waals surface area contributed by atoms with E-state index in [1.165, 1.54) is 0 Å². The van der Waals surface area contributed by atoms with Crippen LogP contribution in [0.15, 0.2) is 24.3 Å². The maximum atomic E-state index is 9.36. The first-order chi connectivity index (χ1) is 12.6. The number of hydrogen-bond acceptors (Lipinski definition) is 6. The van der Waals surface area contributed by atoms with E-state index >= 15 is 0 Å². The number of nitrogens with one attached hydrogen (secondary N) is 2. The third-order valence-electron chi connectivity index (χ3n) is 5.17. The molecule has 7 nitrogen and oxygen atoms in total. The second-order valence-corrected chi connectivity index (χ2v) is 6.95. The van der Waals surface area contributed by atoms with E-state index in [9.17, 15) is 5.11 Å². The van der Waals surface area contributed by atoms with Crippen LogP contribution in [0, 0.1) is 5.92 Å². The van der Waals surface area contributed by atoms with Crippen LogP contribution in [-0.4, -0.2) is 45.7 Å². The van der Waals surface area contributed by atoms with Crippen LogP contribution in [0.4, 0.5) is 0 Å². The molecule has 1 aromatic carbocycles. The molecular formula is C19H29N5O2. The van der Waals surface area contributed by atoms with Crippen molar-refractivity contribution in [3.8, 4) is 5.75 Å². The fourth-order valence-electron chi connectivity index (χ4n) is 3.68. The molecule has 2 heterocycles. The highest BCUT2D eigenvalue weighted by Crippen LogP contribution is 2.22. The number of aromatic nitrogens is 3. The highest BCUT2D eigenvalue weighted by atomic mass is 16.5. The standard InChI is InChI=1S/C19H29N5O2/c1-13-16(14(2)22-21-13)8-9-19-20-18(23-24(19)10-11-25)12-15-6-4-5-7-17(15)26-3/h4-7,13-14,16,21-22,25H,8-12H2,1-3H3. The number of rotatable bonds is 8. The molecule has 0 aliphatic carbocycles. The third kappa shape index (κ3) is 4.23. The van der Waals surface area contributed by atoms with Crippen molar-refractivity contribution < 1.29 is 9.84 Å². The molecular weight excluding hydrogens is 330 g/mol. The predicted molar refractivity (Wildman–Crippen MR) is 99.9 cm³/mol. The summed E-state index contributed by atoms with van der Waals surface area (Å²) in [5, 5.41) is 14.0. The lowest BCUT2D eigenvalue weighted by Crippen LogP contribution is -2.30. The molecule has 7 heteroatoms. The van der Waals surface area contributed by atoms with Gasteiger partial charge in [-0.1, -0.05) is 18.2 Å². The normalized spacial score (nSPS) is 22.7. The minimum absolute atomic E-state index is 0.0593. The summed E-state index contributed by atoms with van der Waals surface area (Å²) >= 11 is 0. The number of methoxy groups -OCH3 is 1. The first kappa shape index (κ1) is 18.8. The number of nitrogens with zero attached hydrogens (tertiary/aromatic N) is 3. The van der Waals surface area contributed by atoms with Crippen molar-refractivity contribution in [1.82, 2.24) is 25.6 Å². The molecule has 1 fully saturated rings. The van der Waals surface area contributed by atoms with E-state index in [4.69, 9.17) is 9.72 Å². The van der Waals surface area contributed by atoms with E-state index in [1.807, 2.05) is 28.9 Å². The molecule has 2 aromatic rings. The van der Waals surface area contributed by atoms with Gasteiger partial charge in [-0.05, 0) is 32.3 Å². The Balaban J connectivity index is 1.73. The van der Waals surface area contributed by atoms with Crippen LogP contribution in [0.2, 0.25) is 0 Å². The Morgan fingerprint density at radius 3 is 2.62 bits per heavy atom. The molecule has 3 rings (SSSR count). The summed E-state index contributed by atoms with van der Waals surface area (Å²) in [7, 11) is 1.67. The summed E-state index contributed by atoms with van der Waals surface area (Å²) < 4.78 is 7.27. The minimum atomic E-state index is 0.0593. The van der Waals surface area contributed by atoms with E-state index in [0.29, 0.717) is 31.0 Å². The lowest BCUT2D eigenvalue weighted by atomic mass is 9.91. The van der Waals surface area contributed by atoms with E-state index in [1.54, 1.807) is 7.11 Å². The molecule has 2 unspecified atom stereocenters. The van der Waals surface area contributed by atoms with Gasteiger partial charge in [0.15, 0.2) is 5.82 Å². The average Bonchev–Trinajstić information content (AvgIpc) is 3.17. The highest BCUT2D eigenvalue weighted by Gasteiger charge is 2.29. The van der Waals surface area contributed by atoms with Crippen LogP contribution in [-0.2, 0) is 19.4 Å². The van der Waals surface area contributed by atoms with Gasteiger partial charge in [0.05, 0.1) is 20.3 Å². The topological polar surface area (TPSA) is 84.2 Å². The average molecular weight is 359 g/mol. The van der Waals surface area contributed by atoms with Crippen LogP contribution in [0.3, 0.4) is 0 Å². The van der Waals surface area contributed by atoms with Crippen LogP contribution in [0.25, 0.3) is 0 Å². The van der Waals surface area contributed by atoms with Gasteiger partial charge in [-0.15, -0.1) is 0 Å². The van der Waals surface area contributed by atoms with Crippen LogP contribution in [0.5, 0.6) is 5.75 Å². The number of ether oxygens (including phenoxy) is 1. The van der Waals surface area contributed by atoms with Gasteiger partial charge in [-0.25, -0.2) is 9.67 Å². The zero-order valence-corrected chi connectivity index (χ0v) is 15.8. The summed E-state index contributed by atoms with van der Waals surface area (Å²) in [6.07, 6.45) is 2.50. The minimum Gasteiger partial charge on any atom is -0.496 e. The molecule has 3 N–H and O–H groups in total. The van der Waals surface area contributed by atoms with Crippen LogP contribution < -0.4 is 15.6 Å². The molecule has 142 valence electrons. The Labute approximate surface area is 154 Å². The molecule has 26 heavy (non-hydrogen) atoms. The highest BCUT2D eigenvalue weighted by molar-refractivity contribution is 5.35. The zero-order valence-electron chi connectivity index (χ0n) is 15.8. The van der Waals surface area contributed by atoms with Crippen LogP contribution in [0.1, 0.15) is 37.5 Å². The number of benzene rings is 1. The molecule has 1 aliphatic heterocycles. The van der Waals surface area contributed by atoms with Crippen molar-refractivity contribution in [3.05, 3.63) is 41.5 Å². The Hall–Kier alpha value is -1.96. The van der Waals surface area contributed by atoms with Crippen molar-refractivity contribution in [1.29, 1.82) is 0 Å². The maximum absolute atomic E-state index is 9.36. The molecule has 2 atom stereocenters. The summed E-state index contributed by atoms with van der Waals surface area (Å²) in [6, 6.07) is 8.80. The van der Waals surface area contributed by atoms with Crippen molar-refractivity contribution >= 4 is 0 Å². The second kappa shape index (κ2) is 8.62. The SMILES string of the molecule is COc1ccccc1Cc1nc(CCC2C(C)NNC2C)n(CCO)n1. The van der Waals surface area contributed by atoms with Gasteiger partial charge in [0, 0.05) is 30.5 Å². The Morgan fingerprint density at radius 1 is 1.19 bits per heavy atom. The summed E-state index contributed by atoms with van der Waals surface area (Å²) in [6.45, 7) is 4.93. The molecule has 1 aliphatic rings. The van der Waals surface area contributed by atoms with Gasteiger partial charge < -0.3 is 9.84 Å². The number of aryl methyl sites for hydroxylation is 1. The smallest absolute Gasteiger partial charge is 0.155 e. The van der Waals surface area contributed by atoms with E-state index in [2.05, 4.69) is 29.8 Å². The quantitative estimate of drug-likeness (QED) is 0.659. The summed E-state index contributed by atoms with van der Waals surface area (Å²) in [5.74, 6) is 3.10. The molecule has 0 spiro atoms. The van der Waals surface area contributed by atoms with Gasteiger partial charge in [0.25, 0.3) is 0 Å². The number of aliphatic hydroxyl groups excluding tert-OH is 1. The fourth-order valence-corrected chi connectivity index (χ4v) is 3.68. The summed E-state index contributed by atoms with van der Waals surface area (Å²) in [4.78, 5) is 4.75. The fraction of sp³-hybridized carbons (Fsp3) is 0.579. The van der Waals surface area contributed by atoms with Crippen molar-refractivity contribution in [3.63, 3.8) is 0 Å². The zero-order chi connectivity index (χ0) is 18.5. The van der Waals surface area contributed by atoms with E-state index in [-0.39, 0.29) is 6.61 Å². The number of aliphatic hydroxyl groups is 1. The van der Waals surface area contributed by atoms with Crippen molar-refractivity contribution in [2.75, 3.05) is 13.7 Å². The molecule has 0 radical (unpaired) electrons. The summed E-state index contributed by atoms with van der Waals surface area (Å²) in [5.41, 5.74) is 7.66. The van der Waals surface area contributed by atoms with Gasteiger partial charge in [-0.2, -0.15) is 5.10 Å². The predicted octanol–water partition coefficient (Wildman–Crippen LogP) is 1.30. The first-order valence-corrected chi connectivity index (χ1v) is 9.28. The monoisotopic (exact) mass is 359 g/mol. The maximum Gasteiger partial charge on any atom is 0.155 e.